The van der Waals surface area contributed by atoms with Gasteiger partial charge in [0.15, 0.2) is 0 Å². The molecule has 0 rings (SSSR count). The molecule has 0 aromatic carbocycles. The Morgan fingerprint density at radius 3 is 1.40 bits per heavy atom. The molecule has 0 unspecified atom stereocenters. The monoisotopic (exact) mass is 163 g/mol. The van der Waals surface area contributed by atoms with E-state index in [-0.39, 0.29) is 0 Å². The first-order valence-corrected chi connectivity index (χ1v) is 4.55. The van der Waals surface area contributed by atoms with Crippen LogP contribution >= 0.6 is 0 Å². The summed E-state index contributed by atoms with van der Waals surface area (Å²) in [6, 6.07) is 0. The smallest absolute Gasteiger partial charge is 0.484 e. The minimum atomic E-state index is -1.50. The van der Waals surface area contributed by atoms with Crippen LogP contribution in [0.15, 0.2) is 0 Å². The molecule has 10 heavy (non-hydrogen) atoms. The zero-order valence-electron chi connectivity index (χ0n) is 7.00. The van der Waals surface area contributed by atoms with E-state index in [0.717, 1.165) is 0 Å². The van der Waals surface area contributed by atoms with Gasteiger partial charge in [0.05, 0.1) is 0 Å². The van der Waals surface area contributed by atoms with E-state index in [1.807, 2.05) is 0 Å². The largest absolute Gasteiger partial charge is 0.541 e. The molecule has 0 bridgehead atoms. The Morgan fingerprint density at radius 2 is 1.40 bits per heavy atom. The molecule has 0 aliphatic heterocycles. The van der Waals surface area contributed by atoms with Crippen molar-refractivity contribution in [2.75, 3.05) is 19.6 Å². The molecule has 0 aromatic rings. The topological polar surface area (TPSA) is 40.5 Å². The molecule has 0 aliphatic carbocycles. The van der Waals surface area contributed by atoms with Gasteiger partial charge in [-0.15, -0.1) is 0 Å². The third-order valence-electron chi connectivity index (χ3n) is 1.34. The molecule has 0 saturated carbocycles. The van der Waals surface area contributed by atoms with Gasteiger partial charge in [-0.3, -0.25) is 0 Å². The van der Waals surface area contributed by atoms with Crippen molar-refractivity contribution in [2.24, 2.45) is 0 Å². The highest BCUT2D eigenvalue weighted by molar-refractivity contribution is 6.04. The van der Waals surface area contributed by atoms with Gasteiger partial charge in [-0.2, -0.15) is 0 Å². The minimum absolute atomic E-state index is 1.19. The van der Waals surface area contributed by atoms with Gasteiger partial charge in [0.25, 0.3) is 0 Å². The number of nitrogens with zero attached hydrogens (tertiary/aromatic N) is 1. The normalized spacial score (nSPS) is 8.40. The first-order valence-electron chi connectivity index (χ1n) is 3.56. The summed E-state index contributed by atoms with van der Waals surface area (Å²) in [5.74, 6) is 0. The van der Waals surface area contributed by atoms with Gasteiger partial charge in [-0.1, -0.05) is 20.8 Å². The molecule has 0 atom stereocenters. The first kappa shape index (κ1) is 12.5. The predicted molar refractivity (Wildman–Crippen MR) is 43.5 cm³/mol. The van der Waals surface area contributed by atoms with Crippen LogP contribution in [0.2, 0.25) is 0 Å². The Morgan fingerprint density at radius 1 is 1.20 bits per heavy atom. The van der Waals surface area contributed by atoms with E-state index < -0.39 is 9.65 Å². The van der Waals surface area contributed by atoms with Crippen molar-refractivity contribution in [1.29, 1.82) is 0 Å². The fourth-order valence-electron chi connectivity index (χ4n) is 0.671. The van der Waals surface area contributed by atoms with Gasteiger partial charge >= 0.3 is 9.65 Å². The van der Waals surface area contributed by atoms with Gasteiger partial charge in [0, 0.05) is 0 Å². The summed E-state index contributed by atoms with van der Waals surface area (Å²) in [5.41, 5.74) is 0. The van der Waals surface area contributed by atoms with Crippen molar-refractivity contribution in [3.05, 3.63) is 0 Å². The SMILES string of the molecule is CCN(CC)CC.O=[SiH]O. The Labute approximate surface area is 65.0 Å². The Hall–Kier alpha value is -0.223. The van der Waals surface area contributed by atoms with Crippen molar-refractivity contribution in [2.45, 2.75) is 20.8 Å². The summed E-state index contributed by atoms with van der Waals surface area (Å²) < 4.78 is 8.57. The van der Waals surface area contributed by atoms with Crippen molar-refractivity contribution < 1.29 is 9.26 Å². The van der Waals surface area contributed by atoms with Crippen LogP contribution in [0.5, 0.6) is 0 Å². The quantitative estimate of drug-likeness (QED) is 0.596. The zero-order valence-corrected chi connectivity index (χ0v) is 8.16. The second kappa shape index (κ2) is 11.6. The second-order valence-corrected chi connectivity index (χ2v) is 1.94. The van der Waals surface area contributed by atoms with Crippen molar-refractivity contribution in [3.63, 3.8) is 0 Å². The van der Waals surface area contributed by atoms with E-state index in [4.69, 9.17) is 9.26 Å². The standard InChI is InChI=1S/C6H15N.H2O2Si/c1-4-7(5-2)6-3;1-3-2/h4-6H2,1-3H3;1,3H. The summed E-state index contributed by atoms with van der Waals surface area (Å²) in [6.45, 7) is 10.1. The fourth-order valence-corrected chi connectivity index (χ4v) is 0.671. The van der Waals surface area contributed by atoms with E-state index in [2.05, 4.69) is 25.7 Å². The molecule has 0 heterocycles. The Balaban J connectivity index is 0. The molecule has 4 heteroatoms. The highest BCUT2D eigenvalue weighted by Gasteiger charge is 1.89. The van der Waals surface area contributed by atoms with Crippen LogP contribution in [0.4, 0.5) is 0 Å². The van der Waals surface area contributed by atoms with Crippen molar-refractivity contribution >= 4 is 9.65 Å². The summed E-state index contributed by atoms with van der Waals surface area (Å²) in [4.78, 5) is 9.47. The van der Waals surface area contributed by atoms with Crippen LogP contribution in [0.3, 0.4) is 0 Å². The average Bonchev–Trinajstić information content (AvgIpc) is 1.93. The maximum absolute atomic E-state index is 8.57. The maximum Gasteiger partial charge on any atom is 0.484 e. The van der Waals surface area contributed by atoms with Gasteiger partial charge in [0.1, 0.15) is 0 Å². The van der Waals surface area contributed by atoms with Crippen LogP contribution in [0.1, 0.15) is 20.8 Å². The molecule has 0 radical (unpaired) electrons. The molecule has 0 amide bonds. The van der Waals surface area contributed by atoms with E-state index in [9.17, 15) is 0 Å². The second-order valence-electron chi connectivity index (χ2n) is 1.72. The highest BCUT2D eigenvalue weighted by atomic mass is 28.2. The predicted octanol–water partition coefficient (Wildman–Crippen LogP) is 0.0238. The molecular formula is C6H17NO2Si. The highest BCUT2D eigenvalue weighted by Crippen LogP contribution is 1.81. The summed E-state index contributed by atoms with van der Waals surface area (Å²) in [6.07, 6.45) is 0. The third kappa shape index (κ3) is 10.7. The molecule has 1 N–H and O–H groups in total. The summed E-state index contributed by atoms with van der Waals surface area (Å²) in [5, 5.41) is 0. The summed E-state index contributed by atoms with van der Waals surface area (Å²) >= 11 is 0. The maximum atomic E-state index is 8.57. The molecular weight excluding hydrogens is 146 g/mol. The van der Waals surface area contributed by atoms with Crippen LogP contribution in [-0.4, -0.2) is 39.0 Å². The van der Waals surface area contributed by atoms with Gasteiger partial charge in [-0.05, 0) is 19.6 Å². The molecule has 0 aromatic heterocycles. The van der Waals surface area contributed by atoms with Crippen molar-refractivity contribution in [1.82, 2.24) is 4.90 Å². The zero-order chi connectivity index (χ0) is 8.41. The van der Waals surface area contributed by atoms with Gasteiger partial charge in [0.2, 0.25) is 0 Å². The van der Waals surface area contributed by atoms with Crippen LogP contribution in [0, 0.1) is 0 Å². The molecule has 3 nitrogen and oxygen atoms in total. The third-order valence-corrected chi connectivity index (χ3v) is 1.34. The summed E-state index contributed by atoms with van der Waals surface area (Å²) in [7, 11) is -1.50. The molecule has 0 aliphatic rings. The number of hydrogen-bond donors (Lipinski definition) is 1. The molecule has 0 fully saturated rings. The number of rotatable bonds is 3. The van der Waals surface area contributed by atoms with E-state index in [0.29, 0.717) is 0 Å². The lowest BCUT2D eigenvalue weighted by atomic mass is 10.5. The van der Waals surface area contributed by atoms with Crippen LogP contribution in [0.25, 0.3) is 0 Å². The molecule has 0 saturated heterocycles. The Bertz CT molecular complexity index is 61.3. The Kier molecular flexibility index (Phi) is 14.4. The van der Waals surface area contributed by atoms with Crippen LogP contribution < -0.4 is 0 Å². The lowest BCUT2D eigenvalue weighted by Gasteiger charge is -2.13. The molecule has 62 valence electrons. The van der Waals surface area contributed by atoms with Crippen LogP contribution in [-0.2, 0) is 4.46 Å². The van der Waals surface area contributed by atoms with Gasteiger partial charge in [-0.25, -0.2) is 0 Å². The van der Waals surface area contributed by atoms with E-state index in [1.165, 1.54) is 19.6 Å². The lowest BCUT2D eigenvalue weighted by molar-refractivity contribution is 0.321. The minimum Gasteiger partial charge on any atom is -0.541 e. The van der Waals surface area contributed by atoms with Gasteiger partial charge < -0.3 is 14.2 Å². The lowest BCUT2D eigenvalue weighted by Crippen LogP contribution is -2.21. The fraction of sp³-hybridized carbons (Fsp3) is 1.00. The van der Waals surface area contributed by atoms with Crippen molar-refractivity contribution in [3.8, 4) is 0 Å². The first-order chi connectivity index (χ1) is 4.76. The van der Waals surface area contributed by atoms with E-state index >= 15 is 0 Å². The number of hydrogen-bond acceptors (Lipinski definition) is 2. The molecule has 0 spiro atoms. The average molecular weight is 163 g/mol. The van der Waals surface area contributed by atoms with E-state index in [1.54, 1.807) is 0 Å².